The van der Waals surface area contributed by atoms with Crippen molar-refractivity contribution in [1.29, 1.82) is 0 Å². The molecule has 2 aromatic carbocycles. The van der Waals surface area contributed by atoms with Crippen LogP contribution in [0.3, 0.4) is 0 Å². The third kappa shape index (κ3) is 6.62. The summed E-state index contributed by atoms with van der Waals surface area (Å²) < 4.78 is 0. The molecule has 0 fully saturated rings. The molecule has 0 amide bonds. The molecule has 0 aromatic heterocycles. The maximum atomic E-state index is 2.17. The lowest BCUT2D eigenvalue weighted by Crippen LogP contribution is -2.26. The van der Waals surface area contributed by atoms with Crippen LogP contribution in [0.15, 0.2) is 60.7 Å². The molecule has 1 radical (unpaired) electrons. The summed E-state index contributed by atoms with van der Waals surface area (Å²) in [4.78, 5) is 0. The topological polar surface area (TPSA) is 0 Å². The van der Waals surface area contributed by atoms with Crippen molar-refractivity contribution in [2.75, 3.05) is 0 Å². The van der Waals surface area contributed by atoms with Crippen LogP contribution >= 0.6 is 0 Å². The summed E-state index contributed by atoms with van der Waals surface area (Å²) in [5.74, 6) is 0. The van der Waals surface area contributed by atoms with Crippen molar-refractivity contribution in [3.8, 4) is 0 Å². The quantitative estimate of drug-likeness (QED) is 0.687. The van der Waals surface area contributed by atoms with Crippen molar-refractivity contribution in [2.24, 2.45) is 0 Å². The van der Waals surface area contributed by atoms with E-state index in [0.717, 1.165) is 0 Å². The van der Waals surface area contributed by atoms with Gasteiger partial charge >= 0.3 is 0 Å². The second-order valence-electron chi connectivity index (χ2n) is 2.97. The SMILES string of the molecule is CC.CC.[B](c1ccccc1)c1ccccc1. The molecule has 0 spiro atoms. The van der Waals surface area contributed by atoms with E-state index < -0.39 is 0 Å². The summed E-state index contributed by atoms with van der Waals surface area (Å²) >= 11 is 0. The predicted molar refractivity (Wildman–Crippen MR) is 80.6 cm³/mol. The maximum Gasteiger partial charge on any atom is 0.191 e. The summed E-state index contributed by atoms with van der Waals surface area (Å²) in [5, 5.41) is 0. The molecule has 0 saturated heterocycles. The van der Waals surface area contributed by atoms with E-state index in [9.17, 15) is 0 Å². The zero-order valence-corrected chi connectivity index (χ0v) is 11.4. The molecule has 0 N–H and O–H groups in total. The fourth-order valence-electron chi connectivity index (χ4n) is 1.29. The van der Waals surface area contributed by atoms with Crippen LogP contribution in [-0.4, -0.2) is 7.28 Å². The van der Waals surface area contributed by atoms with Gasteiger partial charge in [0.25, 0.3) is 0 Å². The molecule has 0 heterocycles. The van der Waals surface area contributed by atoms with Gasteiger partial charge in [-0.1, -0.05) is 99.3 Å². The highest BCUT2D eigenvalue weighted by atomic mass is 13.8. The first-order chi connectivity index (χ1) is 8.45. The van der Waals surface area contributed by atoms with Gasteiger partial charge in [0.1, 0.15) is 0 Å². The highest BCUT2D eigenvalue weighted by Gasteiger charge is 1.95. The summed E-state index contributed by atoms with van der Waals surface area (Å²) in [7, 11) is 2.17. The lowest BCUT2D eigenvalue weighted by molar-refractivity contribution is 1.50. The molecule has 0 nitrogen and oxygen atoms in total. The molecule has 0 bridgehead atoms. The molecule has 17 heavy (non-hydrogen) atoms. The van der Waals surface area contributed by atoms with Gasteiger partial charge in [-0.2, -0.15) is 0 Å². The van der Waals surface area contributed by atoms with Crippen LogP contribution in [0.2, 0.25) is 0 Å². The minimum Gasteiger partial charge on any atom is -0.0814 e. The standard InChI is InChI=1S/C12H10B.2C2H6/c1-3-7-11(8-4-1)13-12-9-5-2-6-10-12;2*1-2/h1-10H;2*1-2H3. The van der Waals surface area contributed by atoms with Gasteiger partial charge in [0.2, 0.25) is 0 Å². The van der Waals surface area contributed by atoms with Gasteiger partial charge in [-0.25, -0.2) is 0 Å². The van der Waals surface area contributed by atoms with Crippen LogP contribution in [0.25, 0.3) is 0 Å². The van der Waals surface area contributed by atoms with Crippen molar-refractivity contribution in [2.45, 2.75) is 27.7 Å². The Kier molecular flexibility index (Phi) is 10.0. The molecule has 0 unspecified atom stereocenters. The molecule has 0 atom stereocenters. The molecule has 0 aliphatic rings. The largest absolute Gasteiger partial charge is 0.191 e. The third-order valence-electron chi connectivity index (χ3n) is 1.93. The van der Waals surface area contributed by atoms with E-state index >= 15 is 0 Å². The zero-order chi connectivity index (χ0) is 12.9. The Hall–Kier alpha value is -1.50. The second kappa shape index (κ2) is 11.0. The van der Waals surface area contributed by atoms with E-state index in [4.69, 9.17) is 0 Å². The molecule has 89 valence electrons. The Labute approximate surface area is 107 Å². The van der Waals surface area contributed by atoms with E-state index in [1.807, 2.05) is 39.8 Å². The van der Waals surface area contributed by atoms with Crippen LogP contribution < -0.4 is 10.9 Å². The summed E-state index contributed by atoms with van der Waals surface area (Å²) in [5.41, 5.74) is 2.49. The van der Waals surface area contributed by atoms with Crippen molar-refractivity contribution in [3.05, 3.63) is 60.7 Å². The highest BCUT2D eigenvalue weighted by molar-refractivity contribution is 6.67. The second-order valence-corrected chi connectivity index (χ2v) is 2.97. The van der Waals surface area contributed by atoms with Gasteiger partial charge in [0, 0.05) is 0 Å². The lowest BCUT2D eigenvalue weighted by atomic mass is 9.64. The average molecular weight is 225 g/mol. The smallest absolute Gasteiger partial charge is 0.0814 e. The van der Waals surface area contributed by atoms with Gasteiger partial charge in [0.15, 0.2) is 7.28 Å². The molecule has 0 saturated carbocycles. The van der Waals surface area contributed by atoms with E-state index in [1.54, 1.807) is 0 Å². The number of rotatable bonds is 2. The van der Waals surface area contributed by atoms with Crippen molar-refractivity contribution >= 4 is 18.2 Å². The molecule has 2 rings (SSSR count). The Morgan fingerprint density at radius 3 is 1.12 bits per heavy atom. The number of benzene rings is 2. The minimum absolute atomic E-state index is 1.24. The third-order valence-corrected chi connectivity index (χ3v) is 1.93. The molecule has 2 aromatic rings. The Morgan fingerprint density at radius 2 is 0.824 bits per heavy atom. The van der Waals surface area contributed by atoms with Crippen molar-refractivity contribution < 1.29 is 0 Å². The molecule has 0 aliphatic heterocycles. The van der Waals surface area contributed by atoms with Gasteiger partial charge < -0.3 is 0 Å². The number of hydrogen-bond acceptors (Lipinski definition) is 0. The van der Waals surface area contributed by atoms with E-state index in [0.29, 0.717) is 0 Å². The first-order valence-electron chi connectivity index (χ1n) is 6.40. The highest BCUT2D eigenvalue weighted by Crippen LogP contribution is 1.84. The summed E-state index contributed by atoms with van der Waals surface area (Å²) in [6.45, 7) is 8.00. The molecular weight excluding hydrogens is 203 g/mol. The lowest BCUT2D eigenvalue weighted by Gasteiger charge is -1.98. The van der Waals surface area contributed by atoms with E-state index in [2.05, 4.69) is 55.8 Å². The Morgan fingerprint density at radius 1 is 0.529 bits per heavy atom. The zero-order valence-electron chi connectivity index (χ0n) is 11.4. The number of hydrogen-bond donors (Lipinski definition) is 0. The van der Waals surface area contributed by atoms with Crippen LogP contribution in [0, 0.1) is 0 Å². The van der Waals surface area contributed by atoms with Gasteiger partial charge in [-0.3, -0.25) is 0 Å². The minimum atomic E-state index is 1.24. The molecular formula is C16H22B. The summed E-state index contributed by atoms with van der Waals surface area (Å²) in [6, 6.07) is 20.7. The van der Waals surface area contributed by atoms with E-state index in [-0.39, 0.29) is 0 Å². The predicted octanol–water partition coefficient (Wildman–Crippen LogP) is 3.39. The Balaban J connectivity index is 0.000000581. The van der Waals surface area contributed by atoms with Crippen molar-refractivity contribution in [1.82, 2.24) is 0 Å². The van der Waals surface area contributed by atoms with Gasteiger partial charge in [-0.15, -0.1) is 0 Å². The Bertz CT molecular complexity index is 316. The van der Waals surface area contributed by atoms with Crippen LogP contribution in [-0.2, 0) is 0 Å². The molecule has 0 aliphatic carbocycles. The van der Waals surface area contributed by atoms with Gasteiger partial charge in [-0.05, 0) is 0 Å². The first-order valence-corrected chi connectivity index (χ1v) is 6.40. The fraction of sp³-hybridized carbons (Fsp3) is 0.250. The average Bonchev–Trinajstić information content (AvgIpc) is 2.45. The van der Waals surface area contributed by atoms with Crippen LogP contribution in [0.1, 0.15) is 27.7 Å². The van der Waals surface area contributed by atoms with Gasteiger partial charge in [0.05, 0.1) is 0 Å². The van der Waals surface area contributed by atoms with Crippen LogP contribution in [0.4, 0.5) is 0 Å². The summed E-state index contributed by atoms with van der Waals surface area (Å²) in [6.07, 6.45) is 0. The maximum absolute atomic E-state index is 2.17. The first kappa shape index (κ1) is 15.5. The fourth-order valence-corrected chi connectivity index (χ4v) is 1.29. The van der Waals surface area contributed by atoms with E-state index in [1.165, 1.54) is 10.9 Å². The normalized spacial score (nSPS) is 8.00. The van der Waals surface area contributed by atoms with Crippen molar-refractivity contribution in [3.63, 3.8) is 0 Å². The monoisotopic (exact) mass is 225 g/mol. The van der Waals surface area contributed by atoms with Crippen LogP contribution in [0.5, 0.6) is 0 Å². The molecule has 1 heteroatoms.